The van der Waals surface area contributed by atoms with E-state index in [1.165, 1.54) is 62.5 Å². The normalized spacial score (nSPS) is 21.7. The van der Waals surface area contributed by atoms with Gasteiger partial charge < -0.3 is 19.7 Å². The lowest BCUT2D eigenvalue weighted by atomic mass is 9.77. The number of hydrogen-bond acceptors (Lipinski definition) is 8. The predicted molar refractivity (Wildman–Crippen MR) is 118 cm³/mol. The number of aliphatic hydroxyl groups is 1. The molecule has 2 atom stereocenters. The number of sulfone groups is 1. The highest BCUT2D eigenvalue weighted by Gasteiger charge is 2.54. The minimum atomic E-state index is -3.98. The van der Waals surface area contributed by atoms with E-state index in [0.717, 1.165) is 10.7 Å². The van der Waals surface area contributed by atoms with Crippen LogP contribution in [0.1, 0.15) is 32.4 Å². The van der Waals surface area contributed by atoms with Crippen molar-refractivity contribution in [2.24, 2.45) is 7.05 Å². The minimum Gasteiger partial charge on any atom is -0.508 e. The van der Waals surface area contributed by atoms with Crippen molar-refractivity contribution in [2.75, 3.05) is 0 Å². The van der Waals surface area contributed by atoms with Gasteiger partial charge in [-0.3, -0.25) is 4.79 Å². The number of phenols is 1. The predicted octanol–water partition coefficient (Wildman–Crippen LogP) is 2.36. The fourth-order valence-electron chi connectivity index (χ4n) is 3.62. The molecule has 0 radical (unpaired) electrons. The van der Waals surface area contributed by atoms with Crippen molar-refractivity contribution in [3.05, 3.63) is 70.5 Å². The molecule has 0 saturated heterocycles. The van der Waals surface area contributed by atoms with Gasteiger partial charge in [0.25, 0.3) is 5.56 Å². The number of nitrogens with zero attached hydrogens (tertiary/aromatic N) is 2. The van der Waals surface area contributed by atoms with Crippen molar-refractivity contribution in [2.45, 2.75) is 47.9 Å². The van der Waals surface area contributed by atoms with Crippen LogP contribution in [0.5, 0.6) is 17.4 Å². The fourth-order valence-corrected chi connectivity index (χ4v) is 4.95. The molecule has 1 aliphatic heterocycles. The van der Waals surface area contributed by atoms with Gasteiger partial charge in [-0.25, -0.2) is 13.1 Å². The zero-order chi connectivity index (χ0) is 24.2. The SMILES string of the molecule is Cn1nc(O[C@@H]2c3cc(S(=O)(=O)c4cccc(O)c4)ccc3OC(C)(C)[C@@]2(C)O)ccc1=O. The largest absolute Gasteiger partial charge is 0.508 e. The third-order valence-electron chi connectivity index (χ3n) is 5.97. The van der Waals surface area contributed by atoms with Gasteiger partial charge in [0, 0.05) is 24.7 Å². The van der Waals surface area contributed by atoms with Crippen LogP contribution in [0.4, 0.5) is 0 Å². The van der Waals surface area contributed by atoms with Gasteiger partial charge in [-0.15, -0.1) is 5.10 Å². The average molecular weight is 473 g/mol. The average Bonchev–Trinajstić information content (AvgIpc) is 2.73. The van der Waals surface area contributed by atoms with Gasteiger partial charge in [0.15, 0.2) is 6.10 Å². The molecule has 2 heterocycles. The molecule has 0 unspecified atom stereocenters. The van der Waals surface area contributed by atoms with E-state index in [9.17, 15) is 23.4 Å². The van der Waals surface area contributed by atoms with Crippen LogP contribution >= 0.6 is 0 Å². The molecule has 0 fully saturated rings. The quantitative estimate of drug-likeness (QED) is 0.592. The summed E-state index contributed by atoms with van der Waals surface area (Å²) in [6.45, 7) is 4.91. The van der Waals surface area contributed by atoms with Crippen molar-refractivity contribution in [1.82, 2.24) is 9.78 Å². The summed E-state index contributed by atoms with van der Waals surface area (Å²) >= 11 is 0. The molecule has 10 heteroatoms. The summed E-state index contributed by atoms with van der Waals surface area (Å²) in [6, 6.07) is 12.3. The standard InChI is InChI=1S/C23H24N2O7S/c1-22(2)23(3,28)21(31-19-10-11-20(27)25(4)24-19)17-13-16(8-9-18(17)32-22)33(29,30)15-7-5-6-14(26)12-15/h5-13,21,26,28H,1-4H3/t21-,23+/m1/s1. The molecule has 0 bridgehead atoms. The number of hydrogen-bond donors (Lipinski definition) is 2. The number of aromatic hydroxyl groups is 1. The molecule has 0 spiro atoms. The van der Waals surface area contributed by atoms with Crippen LogP contribution in [0.15, 0.2) is 69.2 Å². The fraction of sp³-hybridized carbons (Fsp3) is 0.304. The summed E-state index contributed by atoms with van der Waals surface area (Å²) in [5, 5.41) is 25.2. The molecule has 0 aliphatic carbocycles. The molecule has 3 aromatic rings. The Bertz CT molecular complexity index is 1390. The highest BCUT2D eigenvalue weighted by molar-refractivity contribution is 7.91. The molecule has 33 heavy (non-hydrogen) atoms. The van der Waals surface area contributed by atoms with E-state index in [4.69, 9.17) is 9.47 Å². The molecular weight excluding hydrogens is 448 g/mol. The number of phenolic OH excluding ortho intramolecular Hbond substituents is 1. The highest BCUT2D eigenvalue weighted by Crippen LogP contribution is 2.48. The van der Waals surface area contributed by atoms with Gasteiger partial charge in [0.2, 0.25) is 15.7 Å². The molecular formula is C23H24N2O7S. The van der Waals surface area contributed by atoms with Gasteiger partial charge in [-0.2, -0.15) is 0 Å². The van der Waals surface area contributed by atoms with Gasteiger partial charge in [-0.05, 0) is 57.2 Å². The Kier molecular flexibility index (Phi) is 5.25. The number of ether oxygens (including phenoxy) is 2. The van der Waals surface area contributed by atoms with Crippen LogP contribution in [-0.4, -0.2) is 39.6 Å². The molecule has 1 aromatic heterocycles. The molecule has 1 aliphatic rings. The summed E-state index contributed by atoms with van der Waals surface area (Å²) in [4.78, 5) is 11.6. The summed E-state index contributed by atoms with van der Waals surface area (Å²) in [7, 11) is -2.52. The Hall–Kier alpha value is -3.37. The number of aromatic nitrogens is 2. The van der Waals surface area contributed by atoms with E-state index >= 15 is 0 Å². The van der Waals surface area contributed by atoms with Crippen molar-refractivity contribution >= 4 is 9.84 Å². The Morgan fingerprint density at radius 3 is 2.42 bits per heavy atom. The molecule has 4 rings (SSSR count). The zero-order valence-electron chi connectivity index (χ0n) is 18.5. The summed E-state index contributed by atoms with van der Waals surface area (Å²) in [5.74, 6) is 0.243. The monoisotopic (exact) mass is 472 g/mol. The molecule has 174 valence electrons. The first-order valence-corrected chi connectivity index (χ1v) is 11.6. The number of aryl methyl sites for hydroxylation is 1. The van der Waals surface area contributed by atoms with Crippen molar-refractivity contribution in [1.29, 1.82) is 0 Å². The van der Waals surface area contributed by atoms with Crippen molar-refractivity contribution in [3.8, 4) is 17.4 Å². The van der Waals surface area contributed by atoms with Gasteiger partial charge in [-0.1, -0.05) is 6.07 Å². The van der Waals surface area contributed by atoms with E-state index in [1.54, 1.807) is 13.8 Å². The Labute approximate surface area is 190 Å². The van der Waals surface area contributed by atoms with Crippen LogP contribution in [-0.2, 0) is 16.9 Å². The van der Waals surface area contributed by atoms with Crippen molar-refractivity contribution < 1.29 is 28.1 Å². The van der Waals surface area contributed by atoms with Gasteiger partial charge >= 0.3 is 0 Å². The lowest BCUT2D eigenvalue weighted by Gasteiger charge is -2.48. The maximum absolute atomic E-state index is 13.2. The summed E-state index contributed by atoms with van der Waals surface area (Å²) in [6.07, 6.45) is -1.07. The number of benzene rings is 2. The summed E-state index contributed by atoms with van der Waals surface area (Å²) < 4.78 is 39.5. The van der Waals surface area contributed by atoms with Crippen LogP contribution in [0.25, 0.3) is 0 Å². The van der Waals surface area contributed by atoms with E-state index in [0.29, 0.717) is 11.3 Å². The van der Waals surface area contributed by atoms with E-state index in [2.05, 4.69) is 5.10 Å². The van der Waals surface area contributed by atoms with Crippen LogP contribution < -0.4 is 15.0 Å². The third-order valence-corrected chi connectivity index (χ3v) is 7.72. The highest BCUT2D eigenvalue weighted by atomic mass is 32.2. The van der Waals surface area contributed by atoms with Gasteiger partial charge in [0.1, 0.15) is 22.7 Å². The molecule has 2 N–H and O–H groups in total. The summed E-state index contributed by atoms with van der Waals surface area (Å²) in [5.41, 5.74) is -2.74. The van der Waals surface area contributed by atoms with Crippen molar-refractivity contribution in [3.63, 3.8) is 0 Å². The topological polar surface area (TPSA) is 128 Å². The first-order chi connectivity index (χ1) is 15.3. The molecule has 0 saturated carbocycles. The van der Waals surface area contributed by atoms with E-state index in [1.807, 2.05) is 0 Å². The Morgan fingerprint density at radius 1 is 1.06 bits per heavy atom. The lowest BCUT2D eigenvalue weighted by Crippen LogP contribution is -2.59. The van der Waals surface area contributed by atoms with Crippen LogP contribution in [0.2, 0.25) is 0 Å². The third kappa shape index (κ3) is 3.85. The smallest absolute Gasteiger partial charge is 0.266 e. The maximum Gasteiger partial charge on any atom is 0.266 e. The van der Waals surface area contributed by atoms with Crippen LogP contribution in [0.3, 0.4) is 0 Å². The second-order valence-electron chi connectivity index (χ2n) is 8.59. The first-order valence-electron chi connectivity index (χ1n) is 10.1. The maximum atomic E-state index is 13.2. The second kappa shape index (κ2) is 7.60. The minimum absolute atomic E-state index is 0.0621. The second-order valence-corrected chi connectivity index (χ2v) is 10.5. The lowest BCUT2D eigenvalue weighted by molar-refractivity contribution is -0.175. The molecule has 9 nitrogen and oxygen atoms in total. The Morgan fingerprint density at radius 2 is 1.76 bits per heavy atom. The first kappa shape index (κ1) is 22.8. The molecule has 2 aromatic carbocycles. The Balaban J connectivity index is 1.86. The molecule has 0 amide bonds. The number of fused-ring (bicyclic) bond motifs is 1. The van der Waals surface area contributed by atoms with E-state index < -0.39 is 27.1 Å². The number of rotatable bonds is 4. The van der Waals surface area contributed by atoms with Gasteiger partial charge in [0.05, 0.1) is 9.79 Å². The van der Waals surface area contributed by atoms with E-state index in [-0.39, 0.29) is 27.0 Å². The zero-order valence-corrected chi connectivity index (χ0v) is 19.3. The van der Waals surface area contributed by atoms with Crippen LogP contribution in [0, 0.1) is 0 Å².